The van der Waals surface area contributed by atoms with Crippen LogP contribution in [0.2, 0.25) is 0 Å². The van der Waals surface area contributed by atoms with E-state index >= 15 is 0 Å². The van der Waals surface area contributed by atoms with Gasteiger partial charge in [0.15, 0.2) is 0 Å². The SMILES string of the molecule is CCCC1CCCCN1C(CN)c1cncc(Br)c1. The second-order valence-electron chi connectivity index (χ2n) is 5.36. The van der Waals surface area contributed by atoms with Crippen molar-refractivity contribution >= 4 is 15.9 Å². The van der Waals surface area contributed by atoms with Gasteiger partial charge in [0.05, 0.1) is 0 Å². The standard InChI is InChI=1S/C15H24BrN3/c1-2-5-14-6-3-4-7-19(14)15(9-17)12-8-13(16)11-18-10-12/h8,10-11,14-15H,2-7,9,17H2,1H3. The molecule has 1 aromatic heterocycles. The molecule has 3 nitrogen and oxygen atoms in total. The van der Waals surface area contributed by atoms with Gasteiger partial charge < -0.3 is 5.73 Å². The molecule has 106 valence electrons. The van der Waals surface area contributed by atoms with Crippen molar-refractivity contribution in [2.45, 2.75) is 51.1 Å². The van der Waals surface area contributed by atoms with E-state index in [9.17, 15) is 0 Å². The van der Waals surface area contributed by atoms with Crippen LogP contribution in [0.1, 0.15) is 50.6 Å². The molecule has 2 heterocycles. The van der Waals surface area contributed by atoms with Crippen LogP contribution in [0.5, 0.6) is 0 Å². The van der Waals surface area contributed by atoms with Gasteiger partial charge >= 0.3 is 0 Å². The monoisotopic (exact) mass is 325 g/mol. The van der Waals surface area contributed by atoms with E-state index in [2.05, 4.69) is 38.8 Å². The first-order valence-corrected chi connectivity index (χ1v) is 8.11. The van der Waals surface area contributed by atoms with Crippen LogP contribution in [0.15, 0.2) is 22.9 Å². The molecular weight excluding hydrogens is 302 g/mol. The third-order valence-electron chi connectivity index (χ3n) is 4.03. The predicted octanol–water partition coefficient (Wildman–Crippen LogP) is 3.50. The molecule has 1 aliphatic heterocycles. The molecule has 1 aromatic rings. The van der Waals surface area contributed by atoms with Crippen molar-refractivity contribution in [2.24, 2.45) is 5.73 Å². The van der Waals surface area contributed by atoms with E-state index in [-0.39, 0.29) is 0 Å². The summed E-state index contributed by atoms with van der Waals surface area (Å²) in [5.41, 5.74) is 7.30. The van der Waals surface area contributed by atoms with Crippen LogP contribution in [0.25, 0.3) is 0 Å². The van der Waals surface area contributed by atoms with Crippen molar-refractivity contribution in [3.63, 3.8) is 0 Å². The van der Waals surface area contributed by atoms with Gasteiger partial charge in [-0.25, -0.2) is 0 Å². The van der Waals surface area contributed by atoms with Crippen molar-refractivity contribution in [3.8, 4) is 0 Å². The highest BCUT2D eigenvalue weighted by molar-refractivity contribution is 9.10. The summed E-state index contributed by atoms with van der Waals surface area (Å²) in [4.78, 5) is 6.90. The van der Waals surface area contributed by atoms with Gasteiger partial charge in [-0.3, -0.25) is 9.88 Å². The minimum Gasteiger partial charge on any atom is -0.329 e. The van der Waals surface area contributed by atoms with Gasteiger partial charge in [0, 0.05) is 35.5 Å². The van der Waals surface area contributed by atoms with Gasteiger partial charge in [0.2, 0.25) is 0 Å². The third-order valence-corrected chi connectivity index (χ3v) is 4.46. The highest BCUT2D eigenvalue weighted by Crippen LogP contribution is 2.30. The Morgan fingerprint density at radius 1 is 1.47 bits per heavy atom. The van der Waals surface area contributed by atoms with Crippen molar-refractivity contribution in [1.82, 2.24) is 9.88 Å². The molecule has 0 amide bonds. The zero-order valence-corrected chi connectivity index (χ0v) is 13.3. The van der Waals surface area contributed by atoms with E-state index in [1.54, 1.807) is 0 Å². The Hall–Kier alpha value is -0.450. The van der Waals surface area contributed by atoms with E-state index in [1.807, 2.05) is 12.4 Å². The Morgan fingerprint density at radius 3 is 3.00 bits per heavy atom. The summed E-state index contributed by atoms with van der Waals surface area (Å²) in [7, 11) is 0. The number of rotatable bonds is 5. The van der Waals surface area contributed by atoms with Crippen LogP contribution in [-0.2, 0) is 0 Å². The summed E-state index contributed by atoms with van der Waals surface area (Å²) in [5, 5.41) is 0. The van der Waals surface area contributed by atoms with E-state index < -0.39 is 0 Å². The molecule has 0 saturated carbocycles. The average molecular weight is 326 g/mol. The summed E-state index contributed by atoms with van der Waals surface area (Å²) in [6.07, 6.45) is 10.3. The summed E-state index contributed by atoms with van der Waals surface area (Å²) in [6, 6.07) is 3.15. The Balaban J connectivity index is 2.19. The first kappa shape index (κ1) is 14.9. The lowest BCUT2D eigenvalue weighted by Gasteiger charge is -2.41. The van der Waals surface area contributed by atoms with Crippen molar-refractivity contribution in [1.29, 1.82) is 0 Å². The van der Waals surface area contributed by atoms with Gasteiger partial charge in [-0.2, -0.15) is 0 Å². The maximum absolute atomic E-state index is 6.06. The van der Waals surface area contributed by atoms with E-state index in [1.165, 1.54) is 44.2 Å². The van der Waals surface area contributed by atoms with Gasteiger partial charge in [-0.1, -0.05) is 19.8 Å². The summed E-state index contributed by atoms with van der Waals surface area (Å²) < 4.78 is 1.03. The highest BCUT2D eigenvalue weighted by Gasteiger charge is 2.28. The lowest BCUT2D eigenvalue weighted by molar-refractivity contribution is 0.0911. The van der Waals surface area contributed by atoms with Crippen molar-refractivity contribution < 1.29 is 0 Å². The summed E-state index contributed by atoms with van der Waals surface area (Å²) in [5.74, 6) is 0. The Morgan fingerprint density at radius 2 is 2.32 bits per heavy atom. The van der Waals surface area contributed by atoms with E-state index in [4.69, 9.17) is 5.73 Å². The molecule has 2 N–H and O–H groups in total. The largest absolute Gasteiger partial charge is 0.329 e. The quantitative estimate of drug-likeness (QED) is 0.900. The fourth-order valence-electron chi connectivity index (χ4n) is 3.15. The van der Waals surface area contributed by atoms with Crippen LogP contribution in [0.3, 0.4) is 0 Å². The van der Waals surface area contributed by atoms with E-state index in [0.29, 0.717) is 18.6 Å². The zero-order chi connectivity index (χ0) is 13.7. The number of halogens is 1. The third kappa shape index (κ3) is 3.77. The molecule has 1 fully saturated rings. The lowest BCUT2D eigenvalue weighted by atomic mass is 9.94. The number of piperidine rings is 1. The molecule has 0 radical (unpaired) electrons. The molecule has 0 aliphatic carbocycles. The average Bonchev–Trinajstić information content (AvgIpc) is 2.42. The minimum absolute atomic E-state index is 0.307. The zero-order valence-electron chi connectivity index (χ0n) is 11.7. The first-order chi connectivity index (χ1) is 9.26. The Bertz CT molecular complexity index is 395. The topological polar surface area (TPSA) is 42.1 Å². The number of nitrogens with zero attached hydrogens (tertiary/aromatic N) is 2. The molecule has 1 aliphatic rings. The van der Waals surface area contributed by atoms with Gasteiger partial charge in [-0.05, 0) is 53.4 Å². The van der Waals surface area contributed by atoms with Gasteiger partial charge in [-0.15, -0.1) is 0 Å². The molecule has 0 aromatic carbocycles. The Kier molecular flexibility index (Phi) is 5.79. The van der Waals surface area contributed by atoms with Crippen LogP contribution in [-0.4, -0.2) is 29.0 Å². The summed E-state index contributed by atoms with van der Waals surface area (Å²) >= 11 is 3.51. The molecule has 19 heavy (non-hydrogen) atoms. The van der Waals surface area contributed by atoms with Crippen molar-refractivity contribution in [3.05, 3.63) is 28.5 Å². The molecule has 2 rings (SSSR count). The normalized spacial score (nSPS) is 22.4. The number of likely N-dealkylation sites (tertiary alicyclic amines) is 1. The first-order valence-electron chi connectivity index (χ1n) is 7.32. The molecule has 2 atom stereocenters. The maximum Gasteiger partial charge on any atom is 0.0489 e. The maximum atomic E-state index is 6.06. The highest BCUT2D eigenvalue weighted by atomic mass is 79.9. The number of hydrogen-bond donors (Lipinski definition) is 1. The molecule has 0 bridgehead atoms. The second-order valence-corrected chi connectivity index (χ2v) is 6.28. The number of hydrogen-bond acceptors (Lipinski definition) is 3. The minimum atomic E-state index is 0.307. The lowest BCUT2D eigenvalue weighted by Crippen LogP contribution is -2.44. The van der Waals surface area contributed by atoms with Gasteiger partial charge in [0.25, 0.3) is 0 Å². The number of aromatic nitrogens is 1. The van der Waals surface area contributed by atoms with Crippen molar-refractivity contribution in [2.75, 3.05) is 13.1 Å². The molecular formula is C15H24BrN3. The Labute approximate surface area is 124 Å². The molecule has 4 heteroatoms. The van der Waals surface area contributed by atoms with E-state index in [0.717, 1.165) is 4.47 Å². The molecule has 0 spiro atoms. The molecule has 2 unspecified atom stereocenters. The van der Waals surface area contributed by atoms with Crippen LogP contribution >= 0.6 is 15.9 Å². The predicted molar refractivity (Wildman–Crippen MR) is 83.0 cm³/mol. The van der Waals surface area contributed by atoms with Crippen LogP contribution < -0.4 is 5.73 Å². The van der Waals surface area contributed by atoms with Crippen LogP contribution in [0, 0.1) is 0 Å². The fraction of sp³-hybridized carbons (Fsp3) is 0.667. The summed E-state index contributed by atoms with van der Waals surface area (Å²) in [6.45, 7) is 4.10. The van der Waals surface area contributed by atoms with Gasteiger partial charge in [0.1, 0.15) is 0 Å². The number of pyridine rings is 1. The second kappa shape index (κ2) is 7.36. The fourth-order valence-corrected chi connectivity index (χ4v) is 3.53. The smallest absolute Gasteiger partial charge is 0.0489 e. The molecule has 1 saturated heterocycles. The number of nitrogens with two attached hydrogens (primary N) is 1. The van der Waals surface area contributed by atoms with Crippen LogP contribution in [0.4, 0.5) is 0 Å².